The lowest BCUT2D eigenvalue weighted by molar-refractivity contribution is -0.244. The van der Waals surface area contributed by atoms with E-state index in [9.17, 15) is 15.0 Å². The van der Waals surface area contributed by atoms with E-state index in [4.69, 9.17) is 26.8 Å². The quantitative estimate of drug-likeness (QED) is 0.664. The molecule has 0 aromatic heterocycles. The predicted molar refractivity (Wildman–Crippen MR) is 108 cm³/mol. The summed E-state index contributed by atoms with van der Waals surface area (Å²) >= 11 is 6.07. The molecular formula is C19H28Cl2N2O5. The van der Waals surface area contributed by atoms with Crippen molar-refractivity contribution in [3.63, 3.8) is 0 Å². The molecule has 2 aliphatic rings. The Hall–Kier alpha value is -1.09. The fraction of sp³-hybridized carbons (Fsp3) is 0.632. The van der Waals surface area contributed by atoms with Crippen LogP contribution in [0.4, 0.5) is 0 Å². The number of aliphatic hydroxyl groups excluding tert-OH is 1. The summed E-state index contributed by atoms with van der Waals surface area (Å²) in [6.07, 6.45) is 0.319. The molecule has 28 heavy (non-hydrogen) atoms. The Kier molecular flexibility index (Phi) is 7.58. The molecule has 2 aliphatic heterocycles. The standard InChI is InChI=1S/C19H27ClN2O5.ClH/c1-18(25)6-10-27-19(17(18)24)4-8-22(9-5-19)16(23)14-12-13(20)2-3-15(14)26-11-7-21;/h2-3,12,17,24-25H,4-11,21H2,1H3;1H/t17-,18+;/m0./s1. The van der Waals surface area contributed by atoms with Crippen LogP contribution in [0, 0.1) is 0 Å². The summed E-state index contributed by atoms with van der Waals surface area (Å²) in [5.41, 5.74) is 3.88. The zero-order valence-electron chi connectivity index (χ0n) is 15.9. The minimum Gasteiger partial charge on any atom is -0.491 e. The van der Waals surface area contributed by atoms with Gasteiger partial charge in [0.05, 0.1) is 17.8 Å². The van der Waals surface area contributed by atoms with Gasteiger partial charge in [0.1, 0.15) is 24.1 Å². The lowest BCUT2D eigenvalue weighted by Gasteiger charge is -2.51. The van der Waals surface area contributed by atoms with Crippen molar-refractivity contribution in [3.05, 3.63) is 28.8 Å². The number of hydrogen-bond acceptors (Lipinski definition) is 6. The summed E-state index contributed by atoms with van der Waals surface area (Å²) in [4.78, 5) is 14.7. The lowest BCUT2D eigenvalue weighted by Crippen LogP contribution is -2.64. The van der Waals surface area contributed by atoms with Crippen LogP contribution in [-0.2, 0) is 4.74 Å². The number of carbonyl (C=O) groups excluding carboxylic acids is 1. The molecule has 0 saturated carbocycles. The minimum absolute atomic E-state index is 0. The largest absolute Gasteiger partial charge is 0.491 e. The summed E-state index contributed by atoms with van der Waals surface area (Å²) < 4.78 is 11.5. The maximum atomic E-state index is 13.0. The van der Waals surface area contributed by atoms with E-state index in [-0.39, 0.29) is 18.3 Å². The van der Waals surface area contributed by atoms with E-state index < -0.39 is 17.3 Å². The molecular weight excluding hydrogens is 407 g/mol. The van der Waals surface area contributed by atoms with E-state index in [1.165, 1.54) is 0 Å². The molecule has 1 aromatic rings. The first-order valence-electron chi connectivity index (χ1n) is 9.25. The molecule has 4 N–H and O–H groups in total. The molecule has 0 radical (unpaired) electrons. The van der Waals surface area contributed by atoms with Crippen LogP contribution in [0.25, 0.3) is 0 Å². The third-order valence-corrected chi connectivity index (χ3v) is 5.76. The van der Waals surface area contributed by atoms with Crippen molar-refractivity contribution in [3.8, 4) is 5.75 Å². The Labute approximate surface area is 176 Å². The fourth-order valence-corrected chi connectivity index (χ4v) is 4.06. The number of halogens is 2. The molecule has 2 fully saturated rings. The van der Waals surface area contributed by atoms with E-state index >= 15 is 0 Å². The summed E-state index contributed by atoms with van der Waals surface area (Å²) in [7, 11) is 0. The normalized spacial score (nSPS) is 26.6. The van der Waals surface area contributed by atoms with E-state index in [0.717, 1.165) is 0 Å². The van der Waals surface area contributed by atoms with Crippen molar-refractivity contribution in [1.29, 1.82) is 0 Å². The van der Waals surface area contributed by atoms with Crippen molar-refractivity contribution in [1.82, 2.24) is 4.90 Å². The van der Waals surface area contributed by atoms with Crippen molar-refractivity contribution < 1.29 is 24.5 Å². The zero-order chi connectivity index (χ0) is 19.7. The van der Waals surface area contributed by atoms with E-state index in [1.807, 2.05) is 0 Å². The SMILES string of the molecule is C[C@@]1(O)CCOC2(CCN(C(=O)c3cc(Cl)ccc3OCCN)CC2)[C@H]1O.Cl. The van der Waals surface area contributed by atoms with Crippen LogP contribution in [0.5, 0.6) is 5.75 Å². The van der Waals surface area contributed by atoms with Gasteiger partial charge in [-0.3, -0.25) is 4.79 Å². The Morgan fingerprint density at radius 1 is 1.39 bits per heavy atom. The van der Waals surface area contributed by atoms with Crippen LogP contribution in [0.15, 0.2) is 18.2 Å². The van der Waals surface area contributed by atoms with Crippen LogP contribution < -0.4 is 10.5 Å². The summed E-state index contributed by atoms with van der Waals surface area (Å²) in [6, 6.07) is 4.93. The van der Waals surface area contributed by atoms with Crippen LogP contribution in [-0.4, -0.2) is 71.2 Å². The second-order valence-electron chi connectivity index (χ2n) is 7.49. The van der Waals surface area contributed by atoms with Gasteiger partial charge in [-0.05, 0) is 38.0 Å². The molecule has 0 unspecified atom stereocenters. The smallest absolute Gasteiger partial charge is 0.257 e. The molecule has 0 bridgehead atoms. The molecule has 1 spiro atoms. The number of carbonyl (C=O) groups is 1. The second kappa shape index (κ2) is 9.15. The first kappa shape index (κ1) is 23.2. The molecule has 2 atom stereocenters. The molecule has 1 amide bonds. The van der Waals surface area contributed by atoms with Gasteiger partial charge in [0.25, 0.3) is 5.91 Å². The molecule has 158 valence electrons. The Morgan fingerprint density at radius 2 is 2.07 bits per heavy atom. The Bertz CT molecular complexity index is 693. The first-order valence-corrected chi connectivity index (χ1v) is 9.63. The zero-order valence-corrected chi connectivity index (χ0v) is 17.5. The van der Waals surface area contributed by atoms with Gasteiger partial charge in [-0.1, -0.05) is 11.6 Å². The van der Waals surface area contributed by atoms with Crippen LogP contribution in [0.1, 0.15) is 36.5 Å². The number of rotatable bonds is 4. The Balaban J connectivity index is 0.00000280. The Morgan fingerprint density at radius 3 is 2.71 bits per heavy atom. The fourth-order valence-electron chi connectivity index (χ4n) is 3.88. The third-order valence-electron chi connectivity index (χ3n) is 5.53. The number of benzene rings is 1. The molecule has 2 heterocycles. The average molecular weight is 435 g/mol. The van der Waals surface area contributed by atoms with Gasteiger partial charge < -0.3 is 30.3 Å². The first-order chi connectivity index (χ1) is 12.8. The van der Waals surface area contributed by atoms with Gasteiger partial charge in [0.2, 0.25) is 0 Å². The minimum atomic E-state index is -1.18. The van der Waals surface area contributed by atoms with Crippen molar-refractivity contribution in [2.24, 2.45) is 5.73 Å². The molecule has 2 saturated heterocycles. The molecule has 3 rings (SSSR count). The van der Waals surface area contributed by atoms with E-state index in [2.05, 4.69) is 0 Å². The average Bonchev–Trinajstić information content (AvgIpc) is 2.65. The summed E-state index contributed by atoms with van der Waals surface area (Å²) in [5.74, 6) is 0.267. The van der Waals surface area contributed by atoms with Gasteiger partial charge in [-0.25, -0.2) is 0 Å². The number of aliphatic hydroxyl groups is 2. The van der Waals surface area contributed by atoms with E-state index in [1.54, 1.807) is 30.0 Å². The highest BCUT2D eigenvalue weighted by molar-refractivity contribution is 6.31. The van der Waals surface area contributed by atoms with Crippen molar-refractivity contribution in [2.45, 2.75) is 43.5 Å². The number of piperidine rings is 1. The lowest BCUT2D eigenvalue weighted by atomic mass is 9.75. The van der Waals surface area contributed by atoms with Gasteiger partial charge in [0, 0.05) is 31.1 Å². The molecule has 7 nitrogen and oxygen atoms in total. The van der Waals surface area contributed by atoms with Crippen LogP contribution in [0.2, 0.25) is 5.02 Å². The number of nitrogens with zero attached hydrogens (tertiary/aromatic N) is 1. The molecule has 9 heteroatoms. The highest BCUT2D eigenvalue weighted by atomic mass is 35.5. The number of nitrogens with two attached hydrogens (primary N) is 1. The van der Waals surface area contributed by atoms with Gasteiger partial charge in [-0.2, -0.15) is 0 Å². The maximum Gasteiger partial charge on any atom is 0.257 e. The van der Waals surface area contributed by atoms with Gasteiger partial charge in [-0.15, -0.1) is 12.4 Å². The predicted octanol–water partition coefficient (Wildman–Crippen LogP) is 1.61. The number of hydrogen-bond donors (Lipinski definition) is 3. The van der Waals surface area contributed by atoms with Gasteiger partial charge in [0.15, 0.2) is 0 Å². The van der Waals surface area contributed by atoms with Crippen molar-refractivity contribution in [2.75, 3.05) is 32.8 Å². The summed E-state index contributed by atoms with van der Waals surface area (Å²) in [6.45, 7) is 3.50. The molecule has 0 aliphatic carbocycles. The highest BCUT2D eigenvalue weighted by Gasteiger charge is 2.53. The topological polar surface area (TPSA) is 105 Å². The maximum absolute atomic E-state index is 13.0. The molecule has 1 aromatic carbocycles. The summed E-state index contributed by atoms with van der Waals surface area (Å²) in [5, 5.41) is 21.5. The van der Waals surface area contributed by atoms with Gasteiger partial charge >= 0.3 is 0 Å². The van der Waals surface area contributed by atoms with E-state index in [0.29, 0.717) is 68.4 Å². The number of ether oxygens (including phenoxy) is 2. The van der Waals surface area contributed by atoms with Crippen LogP contribution in [0.3, 0.4) is 0 Å². The highest BCUT2D eigenvalue weighted by Crippen LogP contribution is 2.40. The third kappa shape index (κ3) is 4.56. The second-order valence-corrected chi connectivity index (χ2v) is 7.93. The monoisotopic (exact) mass is 434 g/mol. The van der Waals surface area contributed by atoms with Crippen molar-refractivity contribution >= 4 is 29.9 Å². The number of amides is 1. The number of likely N-dealkylation sites (tertiary alicyclic amines) is 1. The van der Waals surface area contributed by atoms with Crippen LogP contribution >= 0.6 is 24.0 Å².